The molecule has 0 saturated carbocycles. The van der Waals surface area contributed by atoms with Gasteiger partial charge < -0.3 is 14.6 Å². The van der Waals surface area contributed by atoms with Crippen molar-refractivity contribution in [3.63, 3.8) is 0 Å². The Morgan fingerprint density at radius 2 is 1.67 bits per heavy atom. The van der Waals surface area contributed by atoms with Crippen molar-refractivity contribution < 1.29 is 27.9 Å². The van der Waals surface area contributed by atoms with Gasteiger partial charge in [-0.05, 0) is 44.8 Å². The molecule has 2 aromatic rings. The summed E-state index contributed by atoms with van der Waals surface area (Å²) in [7, 11) is 0. The largest absolute Gasteiger partial charge is 0.490 e. The first kappa shape index (κ1) is 24.8. The summed E-state index contributed by atoms with van der Waals surface area (Å²) < 4.78 is 34.0. The van der Waals surface area contributed by atoms with Crippen LogP contribution in [0, 0.1) is 6.92 Å². The molecule has 180 valence electrons. The van der Waals surface area contributed by atoms with Crippen LogP contribution in [-0.4, -0.2) is 62.1 Å². The van der Waals surface area contributed by atoms with Crippen LogP contribution in [0.5, 0.6) is 0 Å². The van der Waals surface area contributed by atoms with Crippen molar-refractivity contribution in [3.05, 3.63) is 53.1 Å². The summed E-state index contributed by atoms with van der Waals surface area (Å²) in [6, 6.07) is 8.28. The smallest absolute Gasteiger partial charge is 0.475 e. The highest BCUT2D eigenvalue weighted by molar-refractivity contribution is 5.78. The van der Waals surface area contributed by atoms with E-state index >= 15 is 0 Å². The van der Waals surface area contributed by atoms with Crippen LogP contribution in [0.15, 0.2) is 30.6 Å². The van der Waals surface area contributed by atoms with Gasteiger partial charge in [-0.2, -0.15) is 13.2 Å². The molecule has 3 heterocycles. The first-order valence-electron chi connectivity index (χ1n) is 11.0. The molecule has 0 bridgehead atoms. The first-order valence-corrected chi connectivity index (χ1v) is 11.0. The number of aryl methyl sites for hydroxylation is 2. The van der Waals surface area contributed by atoms with Crippen LogP contribution in [0.2, 0.25) is 0 Å². The fraction of sp³-hybridized carbons (Fsp3) is 0.522. The zero-order valence-corrected chi connectivity index (χ0v) is 18.6. The number of rotatable bonds is 4. The SMILES string of the molecule is Cc1ccc(CC(=O)N2CCCn3cnc(CN4CCCC4)c3C2)cc1.O=C(O)C(F)(F)F. The number of carbonyl (C=O) groups excluding carboxylic acids is 1. The van der Waals surface area contributed by atoms with Gasteiger partial charge in [0.2, 0.25) is 5.91 Å². The third-order valence-corrected chi connectivity index (χ3v) is 5.84. The number of nitrogens with zero attached hydrogens (tertiary/aromatic N) is 4. The summed E-state index contributed by atoms with van der Waals surface area (Å²) in [5, 5.41) is 7.12. The van der Waals surface area contributed by atoms with E-state index in [0.29, 0.717) is 13.0 Å². The lowest BCUT2D eigenvalue weighted by Crippen LogP contribution is -2.32. The van der Waals surface area contributed by atoms with Crippen molar-refractivity contribution in [3.8, 4) is 0 Å². The van der Waals surface area contributed by atoms with E-state index in [1.165, 1.54) is 37.2 Å². The van der Waals surface area contributed by atoms with Crippen LogP contribution in [0.3, 0.4) is 0 Å². The second-order valence-corrected chi connectivity index (χ2v) is 8.45. The van der Waals surface area contributed by atoms with Crippen molar-refractivity contribution in [2.24, 2.45) is 0 Å². The maximum absolute atomic E-state index is 12.9. The molecule has 33 heavy (non-hydrogen) atoms. The summed E-state index contributed by atoms with van der Waals surface area (Å²) in [5.74, 6) is -2.54. The van der Waals surface area contributed by atoms with Gasteiger partial charge in [0.1, 0.15) is 0 Å². The lowest BCUT2D eigenvalue weighted by molar-refractivity contribution is -0.192. The molecular weight excluding hydrogens is 437 g/mol. The number of carboxylic acid groups (broad SMARTS) is 1. The fourth-order valence-corrected chi connectivity index (χ4v) is 4.01. The molecule has 2 aliphatic rings. The molecule has 0 unspecified atom stereocenters. The highest BCUT2D eigenvalue weighted by Gasteiger charge is 2.38. The number of halogens is 3. The molecule has 0 atom stereocenters. The second kappa shape index (κ2) is 10.8. The average Bonchev–Trinajstić information content (AvgIpc) is 3.34. The van der Waals surface area contributed by atoms with Gasteiger partial charge in [0.05, 0.1) is 30.7 Å². The number of alkyl halides is 3. The second-order valence-electron chi connectivity index (χ2n) is 8.45. The Hall–Kier alpha value is -2.88. The van der Waals surface area contributed by atoms with Gasteiger partial charge in [-0.15, -0.1) is 0 Å². The lowest BCUT2D eigenvalue weighted by Gasteiger charge is -2.21. The third kappa shape index (κ3) is 7.05. The summed E-state index contributed by atoms with van der Waals surface area (Å²) in [6.45, 7) is 7.80. The highest BCUT2D eigenvalue weighted by Crippen LogP contribution is 2.20. The van der Waals surface area contributed by atoms with Gasteiger partial charge in [0.15, 0.2) is 0 Å². The predicted molar refractivity (Wildman–Crippen MR) is 115 cm³/mol. The Bertz CT molecular complexity index is 951. The zero-order valence-electron chi connectivity index (χ0n) is 18.6. The lowest BCUT2D eigenvalue weighted by atomic mass is 10.1. The van der Waals surface area contributed by atoms with Crippen molar-refractivity contribution in [1.82, 2.24) is 19.4 Å². The molecule has 1 aromatic heterocycles. The third-order valence-electron chi connectivity index (χ3n) is 5.84. The van der Waals surface area contributed by atoms with E-state index < -0.39 is 12.1 Å². The van der Waals surface area contributed by atoms with E-state index in [9.17, 15) is 18.0 Å². The summed E-state index contributed by atoms with van der Waals surface area (Å²) >= 11 is 0. The molecule has 1 aromatic carbocycles. The zero-order chi connectivity index (χ0) is 24.0. The van der Waals surface area contributed by atoms with E-state index in [1.807, 2.05) is 11.2 Å². The molecule has 1 N–H and O–H groups in total. The molecule has 10 heteroatoms. The van der Waals surface area contributed by atoms with E-state index in [-0.39, 0.29) is 5.91 Å². The fourth-order valence-electron chi connectivity index (χ4n) is 4.01. The van der Waals surface area contributed by atoms with Crippen LogP contribution in [-0.2, 0) is 35.6 Å². The van der Waals surface area contributed by atoms with Crippen molar-refractivity contribution in [2.75, 3.05) is 19.6 Å². The van der Waals surface area contributed by atoms with Gasteiger partial charge in [0, 0.05) is 19.6 Å². The van der Waals surface area contributed by atoms with E-state index in [0.717, 1.165) is 37.3 Å². The van der Waals surface area contributed by atoms with Gasteiger partial charge in [-0.3, -0.25) is 9.69 Å². The average molecular weight is 467 g/mol. The molecule has 1 saturated heterocycles. The molecule has 1 amide bonds. The minimum Gasteiger partial charge on any atom is -0.475 e. The summed E-state index contributed by atoms with van der Waals surface area (Å²) in [5.41, 5.74) is 4.70. The van der Waals surface area contributed by atoms with Crippen LogP contribution in [0.1, 0.15) is 41.8 Å². The standard InChI is InChI=1S/C21H28N4O.C2HF3O2/c1-17-5-7-18(8-6-17)13-21(26)24-11-4-12-25-16-22-19(20(25)15-24)14-23-9-2-3-10-23;3-2(4,5)1(6)7/h5-8,16H,2-4,9-15H2,1H3;(H,6,7). The molecule has 4 rings (SSSR count). The Morgan fingerprint density at radius 1 is 1.03 bits per heavy atom. The van der Waals surface area contributed by atoms with Gasteiger partial charge in [-0.25, -0.2) is 9.78 Å². The Kier molecular flexibility index (Phi) is 8.12. The Morgan fingerprint density at radius 3 is 2.27 bits per heavy atom. The molecule has 1 fully saturated rings. The van der Waals surface area contributed by atoms with E-state index in [1.54, 1.807) is 0 Å². The monoisotopic (exact) mass is 466 g/mol. The quantitative estimate of drug-likeness (QED) is 0.747. The molecule has 0 radical (unpaired) electrons. The number of aromatic nitrogens is 2. The van der Waals surface area contributed by atoms with E-state index in [4.69, 9.17) is 9.90 Å². The molecule has 0 spiro atoms. The number of aliphatic carboxylic acids is 1. The number of carbonyl (C=O) groups is 2. The number of fused-ring (bicyclic) bond motifs is 1. The van der Waals surface area contributed by atoms with Crippen LogP contribution in [0.4, 0.5) is 13.2 Å². The molecule has 7 nitrogen and oxygen atoms in total. The number of likely N-dealkylation sites (tertiary alicyclic amines) is 1. The predicted octanol–water partition coefficient (Wildman–Crippen LogP) is 3.40. The number of amides is 1. The van der Waals surface area contributed by atoms with Crippen LogP contribution >= 0.6 is 0 Å². The summed E-state index contributed by atoms with van der Waals surface area (Å²) in [4.78, 5) is 30.9. The maximum atomic E-state index is 12.9. The van der Waals surface area contributed by atoms with Crippen LogP contribution in [0.25, 0.3) is 0 Å². The van der Waals surface area contributed by atoms with Crippen molar-refractivity contribution in [2.45, 2.75) is 58.4 Å². The normalized spacial score (nSPS) is 16.5. The first-order chi connectivity index (χ1) is 15.6. The van der Waals surface area contributed by atoms with Gasteiger partial charge >= 0.3 is 12.1 Å². The van der Waals surface area contributed by atoms with Crippen LogP contribution < -0.4 is 0 Å². The van der Waals surface area contributed by atoms with Gasteiger partial charge in [0.25, 0.3) is 0 Å². The Labute approximate surface area is 190 Å². The number of carboxylic acids is 1. The molecule has 2 aliphatic heterocycles. The number of benzene rings is 1. The number of hydrogen-bond acceptors (Lipinski definition) is 4. The van der Waals surface area contributed by atoms with Crippen molar-refractivity contribution in [1.29, 1.82) is 0 Å². The topological polar surface area (TPSA) is 78.7 Å². The Balaban J connectivity index is 0.000000383. The molecule has 0 aliphatic carbocycles. The van der Waals surface area contributed by atoms with E-state index in [2.05, 4.69) is 45.6 Å². The van der Waals surface area contributed by atoms with Crippen molar-refractivity contribution >= 4 is 11.9 Å². The minimum atomic E-state index is -5.08. The summed E-state index contributed by atoms with van der Waals surface area (Å²) in [6.07, 6.45) is 0.936. The number of imidazole rings is 1. The number of hydrogen-bond donors (Lipinski definition) is 1. The van der Waals surface area contributed by atoms with Gasteiger partial charge in [-0.1, -0.05) is 29.8 Å². The maximum Gasteiger partial charge on any atom is 0.490 e. The highest BCUT2D eigenvalue weighted by atomic mass is 19.4. The minimum absolute atomic E-state index is 0.218. The molecular formula is C23H29F3N4O3.